The average Bonchev–Trinajstić information content (AvgIpc) is 2.75. The van der Waals surface area contributed by atoms with Crippen LogP contribution in [-0.4, -0.2) is 47.7 Å². The molecule has 1 N–H and O–H groups in total. The van der Waals surface area contributed by atoms with Crippen molar-refractivity contribution in [3.8, 4) is 0 Å². The Bertz CT molecular complexity index is 941. The monoisotopic (exact) mass is 392 g/mol. The molecular formula is C22H25FN6. The van der Waals surface area contributed by atoms with E-state index in [2.05, 4.69) is 30.1 Å². The molecule has 0 aliphatic carbocycles. The molecule has 4 rings (SSSR count). The fraction of sp³-hybridized carbons (Fsp3) is 0.318. The third-order valence-electron chi connectivity index (χ3n) is 5.04. The predicted octanol–water partition coefficient (Wildman–Crippen LogP) is 3.30. The van der Waals surface area contributed by atoms with Gasteiger partial charge in [-0.1, -0.05) is 24.3 Å². The molecule has 29 heavy (non-hydrogen) atoms. The summed E-state index contributed by atoms with van der Waals surface area (Å²) in [5.74, 6) is 2.35. The number of benzene rings is 1. The minimum absolute atomic E-state index is 0.167. The zero-order valence-corrected chi connectivity index (χ0v) is 16.6. The second-order valence-electron chi connectivity index (χ2n) is 7.12. The third kappa shape index (κ3) is 4.80. The maximum atomic E-state index is 13.8. The molecule has 0 unspecified atom stereocenters. The van der Waals surface area contributed by atoms with Gasteiger partial charge in [0.25, 0.3) is 0 Å². The lowest BCUT2D eigenvalue weighted by Gasteiger charge is -2.35. The van der Waals surface area contributed by atoms with E-state index in [4.69, 9.17) is 0 Å². The second-order valence-corrected chi connectivity index (χ2v) is 7.12. The van der Waals surface area contributed by atoms with Crippen LogP contribution in [0.3, 0.4) is 0 Å². The molecule has 0 spiro atoms. The molecule has 1 saturated heterocycles. The Morgan fingerprint density at radius 2 is 1.72 bits per heavy atom. The Hall–Kier alpha value is -3.22. The summed E-state index contributed by atoms with van der Waals surface area (Å²) in [6.45, 7) is 6.03. The van der Waals surface area contributed by atoms with Gasteiger partial charge in [0.2, 0.25) is 5.95 Å². The van der Waals surface area contributed by atoms with Gasteiger partial charge in [-0.3, -0.25) is 0 Å². The van der Waals surface area contributed by atoms with Gasteiger partial charge in [0.1, 0.15) is 17.5 Å². The normalized spacial score (nSPS) is 14.1. The van der Waals surface area contributed by atoms with Crippen molar-refractivity contribution in [1.29, 1.82) is 0 Å². The van der Waals surface area contributed by atoms with E-state index in [0.717, 1.165) is 49.5 Å². The molecule has 0 amide bonds. The summed E-state index contributed by atoms with van der Waals surface area (Å²) in [5.41, 5.74) is 1.62. The number of pyridine rings is 1. The van der Waals surface area contributed by atoms with Crippen LogP contribution in [-0.2, 0) is 6.42 Å². The summed E-state index contributed by atoms with van der Waals surface area (Å²) < 4.78 is 13.8. The van der Waals surface area contributed by atoms with Crippen molar-refractivity contribution in [1.82, 2.24) is 15.0 Å². The van der Waals surface area contributed by atoms with Gasteiger partial charge in [0, 0.05) is 50.7 Å². The van der Waals surface area contributed by atoms with Crippen LogP contribution in [0.5, 0.6) is 0 Å². The highest BCUT2D eigenvalue weighted by Crippen LogP contribution is 2.18. The smallest absolute Gasteiger partial charge is 0.227 e. The van der Waals surface area contributed by atoms with E-state index in [1.54, 1.807) is 6.07 Å². The number of piperazine rings is 1. The van der Waals surface area contributed by atoms with Crippen molar-refractivity contribution in [3.63, 3.8) is 0 Å². The number of nitrogens with one attached hydrogen (secondary N) is 1. The van der Waals surface area contributed by atoms with Crippen molar-refractivity contribution in [2.45, 2.75) is 13.3 Å². The second kappa shape index (κ2) is 8.86. The fourth-order valence-electron chi connectivity index (χ4n) is 3.49. The molecular weight excluding hydrogens is 367 g/mol. The van der Waals surface area contributed by atoms with Gasteiger partial charge in [0.15, 0.2) is 0 Å². The summed E-state index contributed by atoms with van der Waals surface area (Å²) in [6, 6.07) is 14.8. The molecule has 1 aliphatic heterocycles. The minimum Gasteiger partial charge on any atom is -0.370 e. The number of hydrogen-bond acceptors (Lipinski definition) is 6. The molecule has 2 aromatic heterocycles. The SMILES string of the molecule is Cc1cc(NCCc2ccccc2F)nc(N2CCN(c3ccccn3)CC2)n1. The van der Waals surface area contributed by atoms with Crippen molar-refractivity contribution >= 4 is 17.6 Å². The Morgan fingerprint density at radius 3 is 2.48 bits per heavy atom. The van der Waals surface area contributed by atoms with E-state index in [1.165, 1.54) is 6.07 Å². The largest absolute Gasteiger partial charge is 0.370 e. The van der Waals surface area contributed by atoms with E-state index in [1.807, 2.05) is 49.5 Å². The van der Waals surface area contributed by atoms with Crippen LogP contribution in [0.25, 0.3) is 0 Å². The van der Waals surface area contributed by atoms with Crippen LogP contribution < -0.4 is 15.1 Å². The number of hydrogen-bond donors (Lipinski definition) is 1. The summed E-state index contributed by atoms with van der Waals surface area (Å²) in [5, 5.41) is 3.31. The van der Waals surface area contributed by atoms with Gasteiger partial charge in [-0.2, -0.15) is 4.98 Å². The van der Waals surface area contributed by atoms with Crippen LogP contribution in [0, 0.1) is 12.7 Å². The Morgan fingerprint density at radius 1 is 0.966 bits per heavy atom. The highest BCUT2D eigenvalue weighted by molar-refractivity contribution is 5.46. The molecule has 1 aliphatic rings. The first kappa shape index (κ1) is 19.1. The highest BCUT2D eigenvalue weighted by atomic mass is 19.1. The first-order chi connectivity index (χ1) is 14.2. The molecule has 3 heterocycles. The summed E-state index contributed by atoms with van der Waals surface area (Å²) >= 11 is 0. The summed E-state index contributed by atoms with van der Waals surface area (Å²) in [7, 11) is 0. The standard InChI is InChI=1S/C22H25FN6/c1-17-16-20(24-11-9-18-6-2-3-7-19(18)23)27-22(26-17)29-14-12-28(13-15-29)21-8-4-5-10-25-21/h2-8,10,16H,9,11-15H2,1H3,(H,24,26,27). The number of aryl methyl sites for hydroxylation is 1. The van der Waals surface area contributed by atoms with Crippen molar-refractivity contribution in [2.24, 2.45) is 0 Å². The van der Waals surface area contributed by atoms with Crippen molar-refractivity contribution in [2.75, 3.05) is 47.8 Å². The first-order valence-electron chi connectivity index (χ1n) is 9.93. The molecule has 1 aromatic carbocycles. The Labute approximate surface area is 170 Å². The number of anilines is 3. The maximum Gasteiger partial charge on any atom is 0.227 e. The number of halogens is 1. The van der Waals surface area contributed by atoms with E-state index in [9.17, 15) is 4.39 Å². The fourth-order valence-corrected chi connectivity index (χ4v) is 3.49. The minimum atomic E-state index is -0.167. The lowest BCUT2D eigenvalue weighted by atomic mass is 10.1. The van der Waals surface area contributed by atoms with Crippen LogP contribution in [0.1, 0.15) is 11.3 Å². The topological polar surface area (TPSA) is 57.2 Å². The van der Waals surface area contributed by atoms with Gasteiger partial charge in [-0.05, 0) is 37.1 Å². The van der Waals surface area contributed by atoms with E-state index >= 15 is 0 Å². The molecule has 6 nitrogen and oxygen atoms in total. The maximum absolute atomic E-state index is 13.8. The zero-order chi connectivity index (χ0) is 20.1. The molecule has 0 saturated carbocycles. The lowest BCUT2D eigenvalue weighted by molar-refractivity contribution is 0.610. The third-order valence-corrected chi connectivity index (χ3v) is 5.04. The summed E-state index contributed by atoms with van der Waals surface area (Å²) in [4.78, 5) is 18.2. The average molecular weight is 392 g/mol. The van der Waals surface area contributed by atoms with Crippen LogP contribution in [0.2, 0.25) is 0 Å². The van der Waals surface area contributed by atoms with Crippen LogP contribution in [0.15, 0.2) is 54.7 Å². The van der Waals surface area contributed by atoms with E-state index in [-0.39, 0.29) is 5.82 Å². The van der Waals surface area contributed by atoms with Crippen molar-refractivity contribution in [3.05, 3.63) is 71.8 Å². The first-order valence-corrected chi connectivity index (χ1v) is 9.93. The van der Waals surface area contributed by atoms with Crippen LogP contribution in [0.4, 0.5) is 22.0 Å². The zero-order valence-electron chi connectivity index (χ0n) is 16.6. The quantitative estimate of drug-likeness (QED) is 0.695. The predicted molar refractivity (Wildman–Crippen MR) is 114 cm³/mol. The van der Waals surface area contributed by atoms with Crippen LogP contribution >= 0.6 is 0 Å². The molecule has 0 atom stereocenters. The van der Waals surface area contributed by atoms with Gasteiger partial charge >= 0.3 is 0 Å². The molecule has 150 valence electrons. The van der Waals surface area contributed by atoms with Gasteiger partial charge < -0.3 is 15.1 Å². The number of nitrogens with zero attached hydrogens (tertiary/aromatic N) is 5. The van der Waals surface area contributed by atoms with Gasteiger partial charge in [0.05, 0.1) is 0 Å². The van der Waals surface area contributed by atoms with Gasteiger partial charge in [-0.25, -0.2) is 14.4 Å². The molecule has 3 aromatic rings. The summed E-state index contributed by atoms with van der Waals surface area (Å²) in [6.07, 6.45) is 2.43. The van der Waals surface area contributed by atoms with E-state index in [0.29, 0.717) is 18.5 Å². The van der Waals surface area contributed by atoms with Gasteiger partial charge in [-0.15, -0.1) is 0 Å². The number of aromatic nitrogens is 3. The molecule has 7 heteroatoms. The van der Waals surface area contributed by atoms with Crippen molar-refractivity contribution < 1.29 is 4.39 Å². The Balaban J connectivity index is 1.36. The number of rotatable bonds is 6. The molecule has 0 bridgehead atoms. The molecule has 0 radical (unpaired) electrons. The Kier molecular flexibility index (Phi) is 5.84. The molecule has 1 fully saturated rings. The lowest BCUT2D eigenvalue weighted by Crippen LogP contribution is -2.47. The van der Waals surface area contributed by atoms with E-state index < -0.39 is 0 Å². The highest BCUT2D eigenvalue weighted by Gasteiger charge is 2.20.